The number of benzene rings is 1. The van der Waals surface area contributed by atoms with Gasteiger partial charge in [-0.2, -0.15) is 0 Å². The number of nitrogens with zero attached hydrogens (tertiary/aromatic N) is 3. The lowest BCUT2D eigenvalue weighted by molar-refractivity contribution is 0.0306. The molecule has 0 aliphatic carbocycles. The molecule has 0 unspecified atom stereocenters. The largest absolute Gasteiger partial charge is 0.477 e. The summed E-state index contributed by atoms with van der Waals surface area (Å²) in [6.07, 6.45) is 0.773. The summed E-state index contributed by atoms with van der Waals surface area (Å²) < 4.78 is 44.5. The molecule has 1 aliphatic rings. The van der Waals surface area contributed by atoms with Crippen LogP contribution in [0.15, 0.2) is 17.1 Å². The maximum absolute atomic E-state index is 15.3. The zero-order chi connectivity index (χ0) is 23.7. The Labute approximate surface area is 183 Å². The lowest BCUT2D eigenvalue weighted by Gasteiger charge is -2.46. The zero-order valence-corrected chi connectivity index (χ0v) is 17.5. The van der Waals surface area contributed by atoms with Gasteiger partial charge in [0.2, 0.25) is 5.43 Å². The van der Waals surface area contributed by atoms with Crippen molar-refractivity contribution in [3.63, 3.8) is 0 Å². The van der Waals surface area contributed by atoms with Gasteiger partial charge in [0.1, 0.15) is 5.56 Å². The maximum atomic E-state index is 15.3. The Kier molecular flexibility index (Phi) is 4.86. The number of carboxylic acids is 1. The summed E-state index contributed by atoms with van der Waals surface area (Å²) in [6, 6.07) is 0.444. The number of nitrogen functional groups attached to an aromatic ring is 1. The summed E-state index contributed by atoms with van der Waals surface area (Å²) in [4.78, 5) is 29.6. The Bertz CT molecular complexity index is 1380. The second kappa shape index (κ2) is 7.10. The Morgan fingerprint density at radius 1 is 1.28 bits per heavy atom. The second-order valence-corrected chi connectivity index (χ2v) is 8.26. The van der Waals surface area contributed by atoms with Gasteiger partial charge in [-0.25, -0.2) is 22.9 Å². The Balaban J connectivity index is 2.17. The van der Waals surface area contributed by atoms with E-state index in [4.69, 9.17) is 17.3 Å². The first kappa shape index (κ1) is 21.9. The number of carbonyl (C=O) groups is 1. The quantitative estimate of drug-likeness (QED) is 0.540. The van der Waals surface area contributed by atoms with Crippen LogP contribution in [0.2, 0.25) is 5.02 Å². The van der Waals surface area contributed by atoms with Crippen LogP contribution >= 0.6 is 11.6 Å². The number of aromatic carboxylic acids is 1. The molecule has 168 valence electrons. The van der Waals surface area contributed by atoms with E-state index in [1.165, 1.54) is 11.8 Å². The zero-order valence-electron chi connectivity index (χ0n) is 16.7. The number of β-amino-alcohol motifs (C(OH)–C–C–N with tert-alkyl or cyclic N) is 1. The van der Waals surface area contributed by atoms with Crippen molar-refractivity contribution in [3.8, 4) is 5.82 Å². The molecule has 32 heavy (non-hydrogen) atoms. The molecule has 0 radical (unpaired) electrons. The highest BCUT2D eigenvalue weighted by atomic mass is 35.5. The van der Waals surface area contributed by atoms with Gasteiger partial charge in [-0.15, -0.1) is 0 Å². The third-order valence-corrected chi connectivity index (χ3v) is 5.67. The number of aryl methyl sites for hydroxylation is 1. The molecule has 3 aromatic rings. The van der Waals surface area contributed by atoms with Crippen LogP contribution in [0, 0.1) is 24.4 Å². The van der Waals surface area contributed by atoms with Gasteiger partial charge in [-0.3, -0.25) is 9.36 Å². The second-order valence-electron chi connectivity index (χ2n) is 7.89. The van der Waals surface area contributed by atoms with Crippen molar-refractivity contribution in [1.82, 2.24) is 9.55 Å². The highest BCUT2D eigenvalue weighted by Crippen LogP contribution is 2.42. The molecule has 1 aliphatic heterocycles. The molecule has 1 fully saturated rings. The summed E-state index contributed by atoms with van der Waals surface area (Å²) >= 11 is 6.48. The van der Waals surface area contributed by atoms with Crippen LogP contribution < -0.4 is 16.1 Å². The van der Waals surface area contributed by atoms with E-state index in [2.05, 4.69) is 4.98 Å². The molecular formula is C20H16ClF3N4O4. The van der Waals surface area contributed by atoms with E-state index in [1.54, 1.807) is 6.92 Å². The molecule has 8 nitrogen and oxygen atoms in total. The molecule has 1 aromatic carbocycles. The highest BCUT2D eigenvalue weighted by molar-refractivity contribution is 6.38. The number of aromatic nitrogens is 2. The number of aliphatic hydroxyl groups is 1. The molecule has 2 aromatic heterocycles. The third-order valence-electron chi connectivity index (χ3n) is 5.31. The molecule has 0 amide bonds. The smallest absolute Gasteiger partial charge is 0.341 e. The van der Waals surface area contributed by atoms with Crippen molar-refractivity contribution >= 4 is 40.0 Å². The fourth-order valence-corrected chi connectivity index (χ4v) is 4.23. The van der Waals surface area contributed by atoms with E-state index in [1.807, 2.05) is 0 Å². The van der Waals surface area contributed by atoms with Gasteiger partial charge in [0.05, 0.1) is 27.2 Å². The lowest BCUT2D eigenvalue weighted by Crippen LogP contribution is -2.60. The van der Waals surface area contributed by atoms with E-state index in [0.29, 0.717) is 6.07 Å². The Hall–Kier alpha value is -3.31. The minimum absolute atomic E-state index is 0.0299. The minimum Gasteiger partial charge on any atom is -0.477 e. The molecule has 0 atom stereocenters. The fourth-order valence-electron chi connectivity index (χ4n) is 3.84. The highest BCUT2D eigenvalue weighted by Gasteiger charge is 2.40. The van der Waals surface area contributed by atoms with Crippen molar-refractivity contribution in [2.24, 2.45) is 0 Å². The van der Waals surface area contributed by atoms with Gasteiger partial charge in [-0.05, 0) is 13.8 Å². The maximum Gasteiger partial charge on any atom is 0.341 e. The van der Waals surface area contributed by atoms with E-state index >= 15 is 4.39 Å². The number of halogens is 4. The Morgan fingerprint density at radius 3 is 2.47 bits per heavy atom. The normalized spacial score (nSPS) is 15.2. The SMILES string of the molecule is Cc1c(F)c(N2CC(C)(O)C2)c(Cl)c2c1c(=O)c(C(=O)O)cn2-c1nc(N)c(F)cc1F. The average Bonchev–Trinajstić information content (AvgIpc) is 2.67. The topological polar surface area (TPSA) is 122 Å². The number of rotatable bonds is 3. The molecule has 1 saturated heterocycles. The predicted molar refractivity (Wildman–Crippen MR) is 111 cm³/mol. The van der Waals surface area contributed by atoms with Crippen LogP contribution in [0.5, 0.6) is 0 Å². The van der Waals surface area contributed by atoms with Crippen molar-refractivity contribution < 1.29 is 28.2 Å². The van der Waals surface area contributed by atoms with Gasteiger partial charge in [-0.1, -0.05) is 11.6 Å². The monoisotopic (exact) mass is 468 g/mol. The van der Waals surface area contributed by atoms with E-state index in [0.717, 1.165) is 10.8 Å². The standard InChI is InChI=1S/C20H16ClF3N4O4/c1-7-11-14(12(21)15(13(7)24)27-5-20(2,32)6-27)28(4-8(16(11)29)19(30)31)18-10(23)3-9(22)17(25)26-18/h3-4,32H,5-6H2,1-2H3,(H2,25,26)(H,30,31). The number of hydrogen-bond donors (Lipinski definition) is 3. The summed E-state index contributed by atoms with van der Waals surface area (Å²) in [5.41, 5.74) is 1.89. The molecule has 12 heteroatoms. The van der Waals surface area contributed by atoms with E-state index in [-0.39, 0.29) is 34.9 Å². The van der Waals surface area contributed by atoms with Gasteiger partial charge in [0, 0.05) is 30.9 Å². The molecule has 0 bridgehead atoms. The third kappa shape index (κ3) is 3.16. The van der Waals surface area contributed by atoms with E-state index < -0.39 is 57.0 Å². The first-order chi connectivity index (χ1) is 14.8. The van der Waals surface area contributed by atoms with E-state index in [9.17, 15) is 28.6 Å². The van der Waals surface area contributed by atoms with Crippen molar-refractivity contribution in [2.45, 2.75) is 19.4 Å². The van der Waals surface area contributed by atoms with Crippen LogP contribution in [-0.2, 0) is 0 Å². The van der Waals surface area contributed by atoms with Crippen LogP contribution in [0.4, 0.5) is 24.7 Å². The molecule has 4 rings (SSSR count). The number of anilines is 2. The first-order valence-electron chi connectivity index (χ1n) is 9.23. The summed E-state index contributed by atoms with van der Waals surface area (Å²) in [6.45, 7) is 2.85. The summed E-state index contributed by atoms with van der Waals surface area (Å²) in [5.74, 6) is -6.22. The molecule has 4 N–H and O–H groups in total. The van der Waals surface area contributed by atoms with Crippen LogP contribution in [0.1, 0.15) is 22.8 Å². The number of hydrogen-bond acceptors (Lipinski definition) is 6. The number of fused-ring (bicyclic) bond motifs is 1. The van der Waals surface area contributed by atoms with Gasteiger partial charge >= 0.3 is 5.97 Å². The van der Waals surface area contributed by atoms with Crippen LogP contribution in [-0.4, -0.2) is 44.4 Å². The van der Waals surface area contributed by atoms with Gasteiger partial charge in [0.15, 0.2) is 29.1 Å². The first-order valence-corrected chi connectivity index (χ1v) is 9.61. The fraction of sp³-hybridized carbons (Fsp3) is 0.250. The van der Waals surface area contributed by atoms with Gasteiger partial charge < -0.3 is 20.8 Å². The molecular weight excluding hydrogens is 453 g/mol. The van der Waals surface area contributed by atoms with Crippen molar-refractivity contribution in [3.05, 3.63) is 56.1 Å². The summed E-state index contributed by atoms with van der Waals surface area (Å²) in [5, 5.41) is 18.8. The molecule has 3 heterocycles. The number of nitrogens with two attached hydrogens (primary N) is 1. The van der Waals surface area contributed by atoms with Crippen molar-refractivity contribution in [1.29, 1.82) is 0 Å². The van der Waals surface area contributed by atoms with Crippen molar-refractivity contribution in [2.75, 3.05) is 23.7 Å². The van der Waals surface area contributed by atoms with Crippen LogP contribution in [0.3, 0.4) is 0 Å². The molecule has 0 spiro atoms. The Morgan fingerprint density at radius 2 is 1.91 bits per heavy atom. The summed E-state index contributed by atoms with van der Waals surface area (Å²) in [7, 11) is 0. The molecule has 0 saturated carbocycles. The number of carboxylic acid groups (broad SMARTS) is 1. The minimum atomic E-state index is -1.65. The van der Waals surface area contributed by atoms with Gasteiger partial charge in [0.25, 0.3) is 0 Å². The van der Waals surface area contributed by atoms with Crippen LogP contribution in [0.25, 0.3) is 16.7 Å². The average molecular weight is 469 g/mol. The number of pyridine rings is 2. The predicted octanol–water partition coefficient (Wildman–Crippen LogP) is 2.62. The lowest BCUT2D eigenvalue weighted by atomic mass is 9.94.